The number of carbonyl (C=O) groups excluding carboxylic acids is 2. The van der Waals surface area contributed by atoms with Crippen LogP contribution in [-0.2, 0) is 11.8 Å². The minimum absolute atomic E-state index is 0.00307. The van der Waals surface area contributed by atoms with Crippen molar-refractivity contribution in [2.75, 3.05) is 17.6 Å². The average Bonchev–Trinajstić information content (AvgIpc) is 3.17. The number of benzene rings is 2. The van der Waals surface area contributed by atoms with E-state index in [1.165, 1.54) is 24.9 Å². The number of carbonyl (C=O) groups is 2. The van der Waals surface area contributed by atoms with Gasteiger partial charge in [0.2, 0.25) is 0 Å². The van der Waals surface area contributed by atoms with Gasteiger partial charge in [0.25, 0.3) is 11.8 Å². The van der Waals surface area contributed by atoms with Crippen LogP contribution in [0.1, 0.15) is 36.5 Å². The first-order chi connectivity index (χ1) is 18.2. The lowest BCUT2D eigenvalue weighted by Crippen LogP contribution is -2.32. The molecule has 9 heteroatoms. The van der Waals surface area contributed by atoms with Gasteiger partial charge in [0.15, 0.2) is 0 Å². The minimum Gasteiger partial charge on any atom is -0.383 e. The Morgan fingerprint density at radius 1 is 1.13 bits per heavy atom. The van der Waals surface area contributed by atoms with Crippen molar-refractivity contribution in [3.05, 3.63) is 72.3 Å². The normalized spacial score (nSPS) is 13.2. The van der Waals surface area contributed by atoms with Crippen molar-refractivity contribution in [2.45, 2.75) is 26.2 Å². The van der Waals surface area contributed by atoms with Gasteiger partial charge in [-0.2, -0.15) is 0 Å². The molecule has 1 fully saturated rings. The maximum atomic E-state index is 15.3. The first-order valence-corrected chi connectivity index (χ1v) is 12.5. The summed E-state index contributed by atoms with van der Waals surface area (Å²) in [5.41, 5.74) is 10.6. The third-order valence-corrected chi connectivity index (χ3v) is 7.08. The van der Waals surface area contributed by atoms with Gasteiger partial charge in [0.05, 0.1) is 16.6 Å². The molecular formula is C29H29FN6O2. The number of rotatable bonds is 7. The number of anilines is 2. The smallest absolute Gasteiger partial charge is 0.254 e. The summed E-state index contributed by atoms with van der Waals surface area (Å²) < 4.78 is 17.2. The van der Waals surface area contributed by atoms with Crippen molar-refractivity contribution in [1.82, 2.24) is 19.9 Å². The topological polar surface area (TPSA) is 115 Å². The molecule has 0 spiro atoms. The first kappa shape index (κ1) is 25.1. The van der Waals surface area contributed by atoms with E-state index in [4.69, 9.17) is 5.73 Å². The summed E-state index contributed by atoms with van der Waals surface area (Å²) in [5.74, 6) is -0.569. The summed E-state index contributed by atoms with van der Waals surface area (Å²) in [7, 11) is 1.85. The van der Waals surface area contributed by atoms with Crippen molar-refractivity contribution < 1.29 is 14.0 Å². The zero-order valence-electron chi connectivity index (χ0n) is 21.3. The molecule has 4 N–H and O–H groups in total. The fourth-order valence-electron chi connectivity index (χ4n) is 4.73. The lowest BCUT2D eigenvalue weighted by Gasteiger charge is -2.25. The molecule has 2 aromatic heterocycles. The predicted octanol–water partition coefficient (Wildman–Crippen LogP) is 5.07. The quantitative estimate of drug-likeness (QED) is 0.299. The molecule has 1 aliphatic carbocycles. The molecule has 2 amide bonds. The predicted molar refractivity (Wildman–Crippen MR) is 147 cm³/mol. The second-order valence-corrected chi connectivity index (χ2v) is 9.75. The molecule has 0 aliphatic heterocycles. The molecule has 2 heterocycles. The highest BCUT2D eigenvalue weighted by atomic mass is 19.1. The molecule has 4 aromatic rings. The Labute approximate surface area is 219 Å². The van der Waals surface area contributed by atoms with E-state index in [-0.39, 0.29) is 17.3 Å². The Hall–Kier alpha value is -4.53. The summed E-state index contributed by atoms with van der Waals surface area (Å²) in [6.07, 6.45) is 4.75. The number of nitrogens with zero attached hydrogens (tertiary/aromatic N) is 3. The Kier molecular flexibility index (Phi) is 6.67. The Morgan fingerprint density at radius 2 is 1.84 bits per heavy atom. The molecule has 0 saturated heterocycles. The fourth-order valence-corrected chi connectivity index (χ4v) is 4.73. The highest BCUT2D eigenvalue weighted by Crippen LogP contribution is 2.42. The number of hydrogen-bond acceptors (Lipinski definition) is 5. The number of aromatic nitrogens is 3. The van der Waals surface area contributed by atoms with Crippen LogP contribution in [0.4, 0.5) is 15.9 Å². The standard InChI is InChI=1S/C29H29FN6O2/c1-16(2)28(37)35-20-10-7-18(8-11-20)25-23(24-26(31)33-15-34-27(24)36(25)3)19-9-12-21(22(30)13-19)29(38)32-14-17-5-4-6-17/h7-13,15,17H,1,4-6,14H2,2-3H3,(H,32,38)(H,35,37)(H2,31,33,34). The van der Waals surface area contributed by atoms with Crippen molar-refractivity contribution >= 4 is 34.4 Å². The average molecular weight is 513 g/mol. The summed E-state index contributed by atoms with van der Waals surface area (Å²) in [6, 6.07) is 11.8. The lowest BCUT2D eigenvalue weighted by atomic mass is 9.85. The van der Waals surface area contributed by atoms with Crippen LogP contribution in [0.15, 0.2) is 60.9 Å². The molecule has 194 valence electrons. The van der Waals surface area contributed by atoms with E-state index in [9.17, 15) is 9.59 Å². The van der Waals surface area contributed by atoms with Crippen molar-refractivity contribution in [2.24, 2.45) is 13.0 Å². The molecule has 5 rings (SSSR count). The third kappa shape index (κ3) is 4.63. The van der Waals surface area contributed by atoms with E-state index in [2.05, 4.69) is 27.2 Å². The van der Waals surface area contributed by atoms with Gasteiger partial charge in [0, 0.05) is 30.4 Å². The second-order valence-electron chi connectivity index (χ2n) is 9.75. The molecule has 8 nitrogen and oxygen atoms in total. The van der Waals surface area contributed by atoms with Crippen LogP contribution in [-0.4, -0.2) is 32.9 Å². The number of halogens is 1. The van der Waals surface area contributed by atoms with Gasteiger partial charge in [-0.25, -0.2) is 14.4 Å². The number of aryl methyl sites for hydroxylation is 1. The van der Waals surface area contributed by atoms with E-state index in [0.717, 1.165) is 24.1 Å². The van der Waals surface area contributed by atoms with Gasteiger partial charge in [0.1, 0.15) is 23.6 Å². The second kappa shape index (κ2) is 10.1. The Bertz CT molecular complexity index is 1570. The summed E-state index contributed by atoms with van der Waals surface area (Å²) in [5, 5.41) is 6.23. The number of hydrogen-bond donors (Lipinski definition) is 3. The number of nitrogens with one attached hydrogen (secondary N) is 2. The molecule has 1 saturated carbocycles. The lowest BCUT2D eigenvalue weighted by molar-refractivity contribution is -0.112. The van der Waals surface area contributed by atoms with E-state index in [1.54, 1.807) is 25.1 Å². The van der Waals surface area contributed by atoms with Crippen LogP contribution in [0.25, 0.3) is 33.4 Å². The van der Waals surface area contributed by atoms with Crippen LogP contribution in [0.5, 0.6) is 0 Å². The number of nitrogen functional groups attached to an aromatic ring is 1. The van der Waals surface area contributed by atoms with Crippen LogP contribution < -0.4 is 16.4 Å². The molecule has 0 atom stereocenters. The van der Waals surface area contributed by atoms with Gasteiger partial charge in [-0.05, 0) is 61.1 Å². The maximum Gasteiger partial charge on any atom is 0.254 e. The van der Waals surface area contributed by atoms with E-state index < -0.39 is 11.7 Å². The van der Waals surface area contributed by atoms with Gasteiger partial charge in [-0.3, -0.25) is 9.59 Å². The zero-order valence-corrected chi connectivity index (χ0v) is 21.3. The summed E-state index contributed by atoms with van der Waals surface area (Å²) in [4.78, 5) is 33.2. The van der Waals surface area contributed by atoms with Gasteiger partial charge in [-0.1, -0.05) is 31.2 Å². The van der Waals surface area contributed by atoms with E-state index in [1.807, 2.05) is 23.7 Å². The van der Waals surface area contributed by atoms with Crippen LogP contribution in [0, 0.1) is 11.7 Å². The zero-order chi connectivity index (χ0) is 27.0. The Morgan fingerprint density at radius 3 is 2.47 bits per heavy atom. The monoisotopic (exact) mass is 512 g/mol. The first-order valence-electron chi connectivity index (χ1n) is 12.5. The largest absolute Gasteiger partial charge is 0.383 e. The SMILES string of the molecule is C=C(C)C(=O)Nc1ccc(-c2c(-c3ccc(C(=O)NCC4CCC4)c(F)c3)c3c(N)ncnc3n2C)cc1. The van der Waals surface area contributed by atoms with E-state index in [0.29, 0.717) is 45.9 Å². The molecule has 38 heavy (non-hydrogen) atoms. The fraction of sp³-hybridized carbons (Fsp3) is 0.241. The van der Waals surface area contributed by atoms with Crippen molar-refractivity contribution in [3.8, 4) is 22.4 Å². The maximum absolute atomic E-state index is 15.3. The molecule has 1 aliphatic rings. The number of nitrogens with two attached hydrogens (primary N) is 1. The Balaban J connectivity index is 1.56. The summed E-state index contributed by atoms with van der Waals surface area (Å²) in [6.45, 7) is 5.86. The number of fused-ring (bicyclic) bond motifs is 1. The van der Waals surface area contributed by atoms with Gasteiger partial charge < -0.3 is 20.9 Å². The minimum atomic E-state index is -0.621. The van der Waals surface area contributed by atoms with Gasteiger partial charge in [-0.15, -0.1) is 0 Å². The molecule has 0 bridgehead atoms. The highest BCUT2D eigenvalue weighted by Gasteiger charge is 2.24. The molecular weight excluding hydrogens is 483 g/mol. The molecule has 0 radical (unpaired) electrons. The van der Waals surface area contributed by atoms with Crippen LogP contribution in [0.3, 0.4) is 0 Å². The van der Waals surface area contributed by atoms with Crippen LogP contribution in [0.2, 0.25) is 0 Å². The summed E-state index contributed by atoms with van der Waals surface area (Å²) >= 11 is 0. The number of amides is 2. The molecule has 0 unspecified atom stereocenters. The van der Waals surface area contributed by atoms with Crippen molar-refractivity contribution in [1.29, 1.82) is 0 Å². The van der Waals surface area contributed by atoms with E-state index >= 15 is 4.39 Å². The van der Waals surface area contributed by atoms with Crippen LogP contribution >= 0.6 is 0 Å². The van der Waals surface area contributed by atoms with Crippen molar-refractivity contribution in [3.63, 3.8) is 0 Å². The molecule has 2 aromatic carbocycles. The van der Waals surface area contributed by atoms with Gasteiger partial charge >= 0.3 is 0 Å². The highest BCUT2D eigenvalue weighted by molar-refractivity contribution is 6.08. The third-order valence-electron chi connectivity index (χ3n) is 7.08.